The Morgan fingerprint density at radius 3 is 2.33 bits per heavy atom. The molecule has 7 nitrogen and oxygen atoms in total. The van der Waals surface area contributed by atoms with E-state index in [2.05, 4.69) is 10.3 Å². The van der Waals surface area contributed by atoms with Gasteiger partial charge in [-0.2, -0.15) is 0 Å². The molecule has 1 atom stereocenters. The van der Waals surface area contributed by atoms with Crippen LogP contribution in [0.25, 0.3) is 5.76 Å². The van der Waals surface area contributed by atoms with Crippen LogP contribution in [-0.2, 0) is 14.4 Å². The highest BCUT2D eigenvalue weighted by atomic mass is 16.3. The van der Waals surface area contributed by atoms with Crippen LogP contribution in [0.1, 0.15) is 35.3 Å². The third kappa shape index (κ3) is 4.13. The summed E-state index contributed by atoms with van der Waals surface area (Å²) in [6.45, 7) is 5.27. The minimum Gasteiger partial charge on any atom is -0.507 e. The van der Waals surface area contributed by atoms with Crippen molar-refractivity contribution in [3.8, 4) is 0 Å². The second-order valence-electron chi connectivity index (χ2n) is 7.95. The second kappa shape index (κ2) is 8.70. The number of hydrogen-bond donors (Lipinski definition) is 2. The van der Waals surface area contributed by atoms with Gasteiger partial charge < -0.3 is 10.4 Å². The molecule has 7 heteroatoms. The van der Waals surface area contributed by atoms with Crippen molar-refractivity contribution in [2.75, 3.05) is 10.2 Å². The van der Waals surface area contributed by atoms with Crippen molar-refractivity contribution in [2.45, 2.75) is 26.8 Å². The van der Waals surface area contributed by atoms with Crippen LogP contribution in [0.4, 0.5) is 11.4 Å². The summed E-state index contributed by atoms with van der Waals surface area (Å²) in [6.07, 6.45) is 1.57. The summed E-state index contributed by atoms with van der Waals surface area (Å²) in [6, 6.07) is 16.3. The quantitative estimate of drug-likeness (QED) is 0.358. The van der Waals surface area contributed by atoms with Gasteiger partial charge in [0.1, 0.15) is 11.8 Å². The first-order chi connectivity index (χ1) is 15.8. The van der Waals surface area contributed by atoms with Crippen molar-refractivity contribution in [1.82, 2.24) is 4.98 Å². The van der Waals surface area contributed by atoms with Crippen LogP contribution < -0.4 is 10.2 Å². The van der Waals surface area contributed by atoms with Gasteiger partial charge in [-0.25, -0.2) is 0 Å². The zero-order valence-corrected chi connectivity index (χ0v) is 18.5. The number of amides is 2. The Labute approximate surface area is 191 Å². The van der Waals surface area contributed by atoms with E-state index in [1.54, 1.807) is 60.8 Å². The van der Waals surface area contributed by atoms with E-state index in [0.717, 1.165) is 11.1 Å². The Morgan fingerprint density at radius 1 is 1.00 bits per heavy atom. The van der Waals surface area contributed by atoms with Gasteiger partial charge >= 0.3 is 0 Å². The highest BCUT2D eigenvalue weighted by molar-refractivity contribution is 6.51. The monoisotopic (exact) mass is 441 g/mol. The van der Waals surface area contributed by atoms with Crippen LogP contribution in [0.5, 0.6) is 0 Å². The number of carbonyl (C=O) groups is 3. The molecule has 0 aliphatic carbocycles. The molecule has 2 N–H and O–H groups in total. The number of benzene rings is 2. The van der Waals surface area contributed by atoms with Crippen LogP contribution in [-0.4, -0.2) is 27.7 Å². The maximum atomic E-state index is 13.2. The van der Waals surface area contributed by atoms with Gasteiger partial charge in [-0.15, -0.1) is 0 Å². The zero-order valence-electron chi connectivity index (χ0n) is 18.5. The van der Waals surface area contributed by atoms with Crippen LogP contribution >= 0.6 is 0 Å². The third-order valence-electron chi connectivity index (χ3n) is 5.66. The number of carbonyl (C=O) groups excluding carboxylic acids is 3. The van der Waals surface area contributed by atoms with Crippen LogP contribution in [0.2, 0.25) is 0 Å². The fourth-order valence-corrected chi connectivity index (χ4v) is 3.87. The molecule has 2 heterocycles. The molecule has 0 radical (unpaired) electrons. The predicted molar refractivity (Wildman–Crippen MR) is 126 cm³/mol. The molecule has 1 unspecified atom stereocenters. The Balaban J connectivity index is 1.87. The van der Waals surface area contributed by atoms with Crippen molar-refractivity contribution >= 4 is 34.7 Å². The van der Waals surface area contributed by atoms with Gasteiger partial charge in [-0.05, 0) is 67.4 Å². The second-order valence-corrected chi connectivity index (χ2v) is 7.95. The zero-order chi connectivity index (χ0) is 23.7. The van der Waals surface area contributed by atoms with Gasteiger partial charge in [0.05, 0.1) is 11.3 Å². The SMILES string of the molecule is CC(=O)Nc1ccc(N2C(=O)C(=O)/C(=C(\O)c3ccc(C)c(C)c3)C2c2ccccn2)cc1. The lowest BCUT2D eigenvalue weighted by Gasteiger charge is -2.24. The first kappa shape index (κ1) is 22.0. The summed E-state index contributed by atoms with van der Waals surface area (Å²) in [5.41, 5.74) is 3.90. The fraction of sp³-hybridized carbons (Fsp3) is 0.154. The van der Waals surface area contributed by atoms with E-state index >= 15 is 0 Å². The molecule has 0 saturated carbocycles. The summed E-state index contributed by atoms with van der Waals surface area (Å²) in [4.78, 5) is 43.3. The smallest absolute Gasteiger partial charge is 0.300 e. The van der Waals surface area contributed by atoms with Crippen molar-refractivity contribution in [3.63, 3.8) is 0 Å². The van der Waals surface area contributed by atoms with E-state index in [-0.39, 0.29) is 17.2 Å². The van der Waals surface area contributed by atoms with Crippen LogP contribution in [0.15, 0.2) is 72.4 Å². The van der Waals surface area contributed by atoms with Gasteiger partial charge in [0, 0.05) is 30.1 Å². The third-order valence-corrected chi connectivity index (χ3v) is 5.66. The lowest BCUT2D eigenvalue weighted by molar-refractivity contribution is -0.132. The lowest BCUT2D eigenvalue weighted by Crippen LogP contribution is -2.29. The van der Waals surface area contributed by atoms with Crippen LogP contribution in [0.3, 0.4) is 0 Å². The molecule has 4 rings (SSSR count). The number of anilines is 2. The summed E-state index contributed by atoms with van der Waals surface area (Å²) < 4.78 is 0. The number of nitrogens with one attached hydrogen (secondary N) is 1. The van der Waals surface area contributed by atoms with Gasteiger partial charge in [0.15, 0.2) is 0 Å². The minimum absolute atomic E-state index is 0.0205. The summed E-state index contributed by atoms with van der Waals surface area (Å²) in [5.74, 6) is -2.01. The van der Waals surface area contributed by atoms with Gasteiger partial charge in [-0.3, -0.25) is 24.3 Å². The fourth-order valence-electron chi connectivity index (χ4n) is 3.87. The molecule has 0 spiro atoms. The number of rotatable bonds is 4. The highest BCUT2D eigenvalue weighted by Gasteiger charge is 2.47. The summed E-state index contributed by atoms with van der Waals surface area (Å²) in [5, 5.41) is 13.8. The number of aliphatic hydroxyl groups is 1. The van der Waals surface area contributed by atoms with Gasteiger partial charge in [0.25, 0.3) is 11.7 Å². The standard InChI is InChI=1S/C26H23N3O4/c1-15-7-8-18(14-16(15)2)24(31)22-23(21-6-4-5-13-27-21)29(26(33)25(22)32)20-11-9-19(10-12-20)28-17(3)30/h4-14,23,31H,1-3H3,(H,28,30)/b24-22-. The first-order valence-electron chi connectivity index (χ1n) is 10.4. The molecule has 1 aliphatic heterocycles. The average Bonchev–Trinajstić information content (AvgIpc) is 3.06. The number of aromatic nitrogens is 1. The number of aliphatic hydroxyl groups excluding tert-OH is 1. The van der Waals surface area contributed by atoms with Gasteiger partial charge in [0.2, 0.25) is 5.91 Å². The van der Waals surface area contributed by atoms with Gasteiger partial charge in [-0.1, -0.05) is 18.2 Å². The maximum Gasteiger partial charge on any atom is 0.300 e. The molecule has 0 bridgehead atoms. The summed E-state index contributed by atoms with van der Waals surface area (Å²) >= 11 is 0. The molecule has 1 saturated heterocycles. The Kier molecular flexibility index (Phi) is 5.79. The van der Waals surface area contributed by atoms with Crippen molar-refractivity contribution in [1.29, 1.82) is 0 Å². The number of ketones is 1. The number of pyridine rings is 1. The normalized spacial score (nSPS) is 17.3. The average molecular weight is 441 g/mol. The number of Topliss-reactive ketones (excluding diaryl/α,β-unsaturated/α-hetero) is 1. The van der Waals surface area contributed by atoms with E-state index in [4.69, 9.17) is 0 Å². The van der Waals surface area contributed by atoms with E-state index in [1.165, 1.54) is 11.8 Å². The predicted octanol–water partition coefficient (Wildman–Crippen LogP) is 4.28. The molecule has 2 amide bonds. The molecule has 1 fully saturated rings. The highest BCUT2D eigenvalue weighted by Crippen LogP contribution is 2.41. The minimum atomic E-state index is -0.903. The van der Waals surface area contributed by atoms with E-state index in [0.29, 0.717) is 22.6 Å². The largest absolute Gasteiger partial charge is 0.507 e. The van der Waals surface area contributed by atoms with Crippen molar-refractivity contribution in [2.24, 2.45) is 0 Å². The Morgan fingerprint density at radius 2 is 1.73 bits per heavy atom. The number of nitrogens with zero attached hydrogens (tertiary/aromatic N) is 2. The Bertz CT molecular complexity index is 1280. The molecule has 33 heavy (non-hydrogen) atoms. The number of hydrogen-bond acceptors (Lipinski definition) is 5. The van der Waals surface area contributed by atoms with E-state index < -0.39 is 17.7 Å². The molecule has 2 aromatic carbocycles. The Hall–Kier alpha value is -4.26. The summed E-state index contributed by atoms with van der Waals surface area (Å²) in [7, 11) is 0. The number of aryl methyl sites for hydroxylation is 2. The van der Waals surface area contributed by atoms with Crippen LogP contribution in [0, 0.1) is 13.8 Å². The molecular weight excluding hydrogens is 418 g/mol. The van der Waals surface area contributed by atoms with E-state index in [9.17, 15) is 19.5 Å². The first-order valence-corrected chi connectivity index (χ1v) is 10.4. The topological polar surface area (TPSA) is 99.6 Å². The molecule has 1 aliphatic rings. The molecule has 166 valence electrons. The lowest BCUT2D eigenvalue weighted by atomic mass is 9.96. The van der Waals surface area contributed by atoms with E-state index in [1.807, 2.05) is 19.9 Å². The molecular formula is C26H23N3O4. The molecule has 3 aromatic rings. The van der Waals surface area contributed by atoms with Crippen molar-refractivity contribution < 1.29 is 19.5 Å². The maximum absolute atomic E-state index is 13.2. The van der Waals surface area contributed by atoms with Crippen molar-refractivity contribution in [3.05, 3.63) is 94.8 Å². The molecule has 1 aromatic heterocycles.